The maximum atomic E-state index is 12.7. The molecule has 4 N–H and O–H groups in total. The lowest BCUT2D eigenvalue weighted by Gasteiger charge is -2.28. The summed E-state index contributed by atoms with van der Waals surface area (Å²) >= 11 is 0. The fourth-order valence-electron chi connectivity index (χ4n) is 4.28. The van der Waals surface area contributed by atoms with Crippen molar-refractivity contribution in [2.75, 3.05) is 11.5 Å². The lowest BCUT2D eigenvalue weighted by Crippen LogP contribution is -2.34. The molecule has 5 heterocycles. The van der Waals surface area contributed by atoms with E-state index < -0.39 is 30.2 Å². The number of imidazole rings is 1. The molecule has 2 aliphatic rings. The molecule has 30 heavy (non-hydrogen) atoms. The Morgan fingerprint density at radius 2 is 2.17 bits per heavy atom. The van der Waals surface area contributed by atoms with Crippen LogP contribution in [0.4, 0.5) is 5.95 Å². The summed E-state index contributed by atoms with van der Waals surface area (Å²) in [4.78, 5) is 30.0. The highest BCUT2D eigenvalue weighted by atomic mass is 16.5. The molecule has 2 fully saturated rings. The second kappa shape index (κ2) is 7.43. The van der Waals surface area contributed by atoms with Gasteiger partial charge in [-0.15, -0.1) is 0 Å². The van der Waals surface area contributed by atoms with E-state index in [2.05, 4.69) is 19.9 Å². The van der Waals surface area contributed by atoms with Crippen molar-refractivity contribution in [1.82, 2.24) is 24.5 Å². The monoisotopic (exact) mass is 414 g/mol. The molecule has 5 atom stereocenters. The molecule has 0 saturated carbocycles. The maximum Gasteiger partial charge on any atom is 0.280 e. The predicted octanol–water partition coefficient (Wildman–Crippen LogP) is -0.185. The largest absolute Gasteiger partial charge is 0.394 e. The predicted molar refractivity (Wildman–Crippen MR) is 104 cm³/mol. The zero-order chi connectivity index (χ0) is 20.8. The Hall–Kier alpha value is -2.86. The number of aromatic amines is 1. The Labute approximate surface area is 170 Å². The van der Waals surface area contributed by atoms with E-state index in [1.165, 1.54) is 6.33 Å². The highest BCUT2D eigenvalue weighted by Crippen LogP contribution is 2.37. The number of pyridine rings is 1. The third kappa shape index (κ3) is 3.06. The quantitative estimate of drug-likeness (QED) is 0.456. The van der Waals surface area contributed by atoms with Crippen LogP contribution in [0.2, 0.25) is 0 Å². The minimum atomic E-state index is -0.825. The number of nitrogens with one attached hydrogen (secondary N) is 1. The van der Waals surface area contributed by atoms with Gasteiger partial charge in [0.25, 0.3) is 5.56 Å². The lowest BCUT2D eigenvalue weighted by molar-refractivity contribution is -0.0432. The van der Waals surface area contributed by atoms with E-state index in [9.17, 15) is 20.1 Å². The maximum absolute atomic E-state index is 12.7. The van der Waals surface area contributed by atoms with E-state index in [0.717, 1.165) is 5.56 Å². The summed E-state index contributed by atoms with van der Waals surface area (Å²) in [6.07, 6.45) is 3.36. The molecule has 158 valence electrons. The van der Waals surface area contributed by atoms with Gasteiger partial charge >= 0.3 is 0 Å². The number of nitrogens with zero attached hydrogens (tertiary/aromatic N) is 5. The van der Waals surface area contributed by atoms with Gasteiger partial charge in [0.05, 0.1) is 25.1 Å². The summed E-state index contributed by atoms with van der Waals surface area (Å²) in [6.45, 7) is -0.309. The highest BCUT2D eigenvalue weighted by molar-refractivity contribution is 5.71. The Morgan fingerprint density at radius 1 is 1.30 bits per heavy atom. The van der Waals surface area contributed by atoms with E-state index in [1.54, 1.807) is 21.9 Å². The van der Waals surface area contributed by atoms with Gasteiger partial charge in [0.15, 0.2) is 11.2 Å². The van der Waals surface area contributed by atoms with Crippen molar-refractivity contribution >= 4 is 17.1 Å². The topological polar surface area (TPSA) is 150 Å². The van der Waals surface area contributed by atoms with Crippen molar-refractivity contribution in [2.24, 2.45) is 0 Å². The van der Waals surface area contributed by atoms with E-state index in [4.69, 9.17) is 4.74 Å². The van der Waals surface area contributed by atoms with Gasteiger partial charge in [0.2, 0.25) is 5.95 Å². The number of rotatable bonds is 4. The van der Waals surface area contributed by atoms with Crippen molar-refractivity contribution in [1.29, 1.82) is 0 Å². The van der Waals surface area contributed by atoms with Gasteiger partial charge in [-0.2, -0.15) is 4.98 Å². The summed E-state index contributed by atoms with van der Waals surface area (Å²) in [5.74, 6) is 0.227. The summed E-state index contributed by atoms with van der Waals surface area (Å²) in [7, 11) is 0. The van der Waals surface area contributed by atoms with Crippen LogP contribution in [0.5, 0.6) is 0 Å². The molecule has 0 aromatic carbocycles. The minimum Gasteiger partial charge on any atom is -0.394 e. The lowest BCUT2D eigenvalue weighted by atomic mass is 10.1. The molecule has 3 aromatic heterocycles. The minimum absolute atomic E-state index is 0.135. The summed E-state index contributed by atoms with van der Waals surface area (Å²) in [6, 6.07) is 3.56. The number of fused-ring (bicyclic) bond motifs is 1. The van der Waals surface area contributed by atoms with E-state index in [1.807, 2.05) is 12.1 Å². The molecule has 0 amide bonds. The summed E-state index contributed by atoms with van der Waals surface area (Å²) in [5, 5.41) is 30.0. The van der Waals surface area contributed by atoms with Crippen LogP contribution in [-0.4, -0.2) is 64.9 Å². The van der Waals surface area contributed by atoms with Crippen LogP contribution in [0, 0.1) is 0 Å². The normalized spacial score (nSPS) is 29.2. The van der Waals surface area contributed by atoms with E-state index in [-0.39, 0.29) is 36.2 Å². The van der Waals surface area contributed by atoms with Crippen molar-refractivity contribution in [3.63, 3.8) is 0 Å². The Balaban J connectivity index is 1.56. The zero-order valence-corrected chi connectivity index (χ0v) is 16.0. The number of aliphatic hydroxyl groups is 3. The molecule has 2 aliphatic heterocycles. The van der Waals surface area contributed by atoms with Gasteiger partial charge in [-0.1, -0.05) is 6.07 Å². The number of hydrogen-bond acceptors (Lipinski definition) is 9. The third-order valence-corrected chi connectivity index (χ3v) is 5.78. The molecule has 0 aliphatic carbocycles. The van der Waals surface area contributed by atoms with Gasteiger partial charge in [-0.25, -0.2) is 4.98 Å². The fourth-order valence-corrected chi connectivity index (χ4v) is 4.28. The first-order valence-corrected chi connectivity index (χ1v) is 9.84. The Kier molecular flexibility index (Phi) is 4.74. The average molecular weight is 414 g/mol. The van der Waals surface area contributed by atoms with Crippen LogP contribution in [-0.2, 0) is 4.74 Å². The molecule has 3 aromatic rings. The van der Waals surface area contributed by atoms with E-state index >= 15 is 0 Å². The summed E-state index contributed by atoms with van der Waals surface area (Å²) < 4.78 is 7.27. The summed E-state index contributed by atoms with van der Waals surface area (Å²) in [5.41, 5.74) is 0.901. The van der Waals surface area contributed by atoms with Crippen LogP contribution in [0.15, 0.2) is 35.6 Å². The number of H-pyrrole nitrogens is 1. The molecule has 2 saturated heterocycles. The van der Waals surface area contributed by atoms with Crippen molar-refractivity contribution < 1.29 is 20.1 Å². The van der Waals surface area contributed by atoms with Crippen LogP contribution in [0.3, 0.4) is 0 Å². The number of ether oxygens (including phenoxy) is 1. The molecule has 11 nitrogen and oxygen atoms in total. The molecular formula is C19H22N6O5. The van der Waals surface area contributed by atoms with Crippen molar-refractivity contribution in [2.45, 2.75) is 50.0 Å². The SMILES string of the molecule is O=c1[nH]c(N2C(O)CCC2c2cccnc2)nc2c1ncn2[C@H]1C[C@H](O)[C@@H](CO)O1. The second-order valence-corrected chi connectivity index (χ2v) is 7.60. The number of hydrogen-bond donors (Lipinski definition) is 4. The fraction of sp³-hybridized carbons (Fsp3) is 0.474. The molecule has 0 radical (unpaired) electrons. The molecule has 2 unspecified atom stereocenters. The molecule has 0 bridgehead atoms. The van der Waals surface area contributed by atoms with Gasteiger partial charge < -0.3 is 25.0 Å². The number of aromatic nitrogens is 5. The standard InChI is InChI=1S/C19H22N6O5/c26-8-13-12(27)6-15(30-13)24-9-21-16-17(24)22-19(23-18(16)29)25-11(3-4-14(25)28)10-2-1-5-20-7-10/h1-2,5,7,9,11-15,26-28H,3-4,6,8H2,(H,22,23,29)/t11?,12-,13+,14?,15+/m0/s1. The van der Waals surface area contributed by atoms with Gasteiger partial charge in [0, 0.05) is 18.8 Å². The Morgan fingerprint density at radius 3 is 2.90 bits per heavy atom. The van der Waals surface area contributed by atoms with Crippen molar-refractivity contribution in [3.05, 3.63) is 46.8 Å². The van der Waals surface area contributed by atoms with Crippen LogP contribution < -0.4 is 10.5 Å². The molecule has 11 heteroatoms. The van der Waals surface area contributed by atoms with Crippen LogP contribution in [0.25, 0.3) is 11.2 Å². The average Bonchev–Trinajstić information content (AvgIpc) is 3.45. The van der Waals surface area contributed by atoms with Gasteiger partial charge in [-0.3, -0.25) is 19.3 Å². The van der Waals surface area contributed by atoms with Gasteiger partial charge in [-0.05, 0) is 24.5 Å². The first-order valence-electron chi connectivity index (χ1n) is 9.84. The number of anilines is 1. The highest BCUT2D eigenvalue weighted by Gasteiger charge is 2.37. The first kappa shape index (κ1) is 19.1. The van der Waals surface area contributed by atoms with Crippen LogP contribution >= 0.6 is 0 Å². The Bertz CT molecular complexity index is 1100. The molecular weight excluding hydrogens is 392 g/mol. The molecule has 5 rings (SSSR count). The van der Waals surface area contributed by atoms with Crippen LogP contribution in [0.1, 0.15) is 37.1 Å². The molecule has 0 spiro atoms. The second-order valence-electron chi connectivity index (χ2n) is 7.60. The van der Waals surface area contributed by atoms with E-state index in [0.29, 0.717) is 12.8 Å². The number of aliphatic hydroxyl groups excluding tert-OH is 3. The van der Waals surface area contributed by atoms with Gasteiger partial charge in [0.1, 0.15) is 18.6 Å². The first-order chi connectivity index (χ1) is 14.6. The van der Waals surface area contributed by atoms with Crippen molar-refractivity contribution in [3.8, 4) is 0 Å². The smallest absolute Gasteiger partial charge is 0.280 e. The third-order valence-electron chi connectivity index (χ3n) is 5.78. The zero-order valence-electron chi connectivity index (χ0n) is 16.0.